The maximum absolute atomic E-state index is 12.3. The Hall–Kier alpha value is -2.09. The van der Waals surface area contributed by atoms with Crippen molar-refractivity contribution in [1.82, 2.24) is 0 Å². The van der Waals surface area contributed by atoms with E-state index in [9.17, 15) is 4.79 Å². The normalized spacial score (nSPS) is 17.8. The fourth-order valence-electron chi connectivity index (χ4n) is 2.43. The summed E-state index contributed by atoms with van der Waals surface area (Å²) in [5.41, 5.74) is 4.06. The van der Waals surface area contributed by atoms with E-state index in [1.165, 1.54) is 0 Å². The molecule has 0 unspecified atom stereocenters. The van der Waals surface area contributed by atoms with Crippen molar-refractivity contribution in [2.75, 3.05) is 0 Å². The van der Waals surface area contributed by atoms with Gasteiger partial charge in [0, 0.05) is 0 Å². The van der Waals surface area contributed by atoms with Crippen molar-refractivity contribution in [3.05, 3.63) is 64.7 Å². The van der Waals surface area contributed by atoms with Crippen molar-refractivity contribution in [2.24, 2.45) is 0 Å². The van der Waals surface area contributed by atoms with Crippen LogP contribution in [0.1, 0.15) is 39.6 Å². The molecule has 19 heavy (non-hydrogen) atoms. The first-order valence-corrected chi connectivity index (χ1v) is 6.51. The lowest BCUT2D eigenvalue weighted by Crippen LogP contribution is -2.20. The van der Waals surface area contributed by atoms with E-state index in [1.54, 1.807) is 0 Å². The number of rotatable bonds is 1. The summed E-state index contributed by atoms with van der Waals surface area (Å²) in [5.74, 6) is 0.881. The third-order valence-corrected chi connectivity index (χ3v) is 3.71. The highest BCUT2D eigenvalue weighted by Crippen LogP contribution is 2.36. The van der Waals surface area contributed by atoms with Gasteiger partial charge in [0.25, 0.3) is 0 Å². The molecule has 2 aromatic rings. The van der Waals surface area contributed by atoms with Crippen LogP contribution in [0.15, 0.2) is 42.5 Å². The number of carbonyl (C=O) groups excluding carboxylic acids is 1. The van der Waals surface area contributed by atoms with Gasteiger partial charge in [-0.25, -0.2) is 0 Å². The highest BCUT2D eigenvalue weighted by molar-refractivity contribution is 6.00. The van der Waals surface area contributed by atoms with E-state index in [1.807, 2.05) is 56.3 Å². The molecule has 0 saturated carbocycles. The van der Waals surface area contributed by atoms with E-state index < -0.39 is 0 Å². The van der Waals surface area contributed by atoms with Gasteiger partial charge in [-0.05, 0) is 42.7 Å². The summed E-state index contributed by atoms with van der Waals surface area (Å²) in [7, 11) is 0. The second-order valence-corrected chi connectivity index (χ2v) is 5.08. The first-order valence-electron chi connectivity index (χ1n) is 6.51. The lowest BCUT2D eigenvalue weighted by Gasteiger charge is -2.26. The van der Waals surface area contributed by atoms with Crippen molar-refractivity contribution in [3.8, 4) is 5.75 Å². The van der Waals surface area contributed by atoms with Crippen LogP contribution in [0, 0.1) is 13.8 Å². The van der Waals surface area contributed by atoms with Crippen LogP contribution in [-0.2, 0) is 0 Å². The van der Waals surface area contributed by atoms with Gasteiger partial charge in [0.05, 0.1) is 12.0 Å². The van der Waals surface area contributed by atoms with Crippen LogP contribution in [0.4, 0.5) is 0 Å². The molecule has 0 fully saturated rings. The number of fused-ring (bicyclic) bond motifs is 1. The summed E-state index contributed by atoms with van der Waals surface area (Å²) in [6, 6.07) is 13.8. The number of ether oxygens (including phenoxy) is 1. The number of carbonyl (C=O) groups is 1. The highest BCUT2D eigenvalue weighted by Gasteiger charge is 2.27. The minimum absolute atomic E-state index is 0.164. The number of hydrogen-bond acceptors (Lipinski definition) is 2. The molecule has 1 atom stereocenters. The summed E-state index contributed by atoms with van der Waals surface area (Å²) in [4.78, 5) is 12.3. The lowest BCUT2D eigenvalue weighted by molar-refractivity contribution is 0.0850. The maximum atomic E-state index is 12.3. The smallest absolute Gasteiger partial charge is 0.170 e. The Morgan fingerprint density at radius 1 is 1.05 bits per heavy atom. The van der Waals surface area contributed by atoms with Crippen LogP contribution >= 0.6 is 0 Å². The van der Waals surface area contributed by atoms with E-state index >= 15 is 0 Å². The summed E-state index contributed by atoms with van der Waals surface area (Å²) in [6.45, 7) is 4.06. The van der Waals surface area contributed by atoms with Crippen LogP contribution in [0.25, 0.3) is 0 Å². The molecular formula is C17H16O2. The summed E-state index contributed by atoms with van der Waals surface area (Å²) in [6.07, 6.45) is 0.253. The second-order valence-electron chi connectivity index (χ2n) is 5.08. The molecule has 0 aliphatic carbocycles. The number of benzene rings is 2. The van der Waals surface area contributed by atoms with Gasteiger partial charge in [0.2, 0.25) is 0 Å². The average molecular weight is 252 g/mol. The molecule has 96 valence electrons. The molecule has 2 nitrogen and oxygen atoms in total. The fourth-order valence-corrected chi connectivity index (χ4v) is 2.43. The molecule has 0 aromatic heterocycles. The van der Waals surface area contributed by atoms with Crippen LogP contribution in [0.2, 0.25) is 0 Å². The SMILES string of the molecule is Cc1cc2c(cc1C)C(=O)C[C@H](c1ccccc1)O2. The van der Waals surface area contributed by atoms with E-state index in [2.05, 4.69) is 0 Å². The predicted molar refractivity (Wildman–Crippen MR) is 74.7 cm³/mol. The summed E-state index contributed by atoms with van der Waals surface area (Å²) in [5, 5.41) is 0. The first kappa shape index (κ1) is 12.0. The summed E-state index contributed by atoms with van der Waals surface area (Å²) >= 11 is 0. The zero-order valence-corrected chi connectivity index (χ0v) is 11.1. The molecular weight excluding hydrogens is 236 g/mol. The quantitative estimate of drug-likeness (QED) is 0.766. The van der Waals surface area contributed by atoms with Crippen LogP contribution in [0.5, 0.6) is 5.75 Å². The summed E-state index contributed by atoms with van der Waals surface area (Å²) < 4.78 is 6.00. The molecule has 0 bridgehead atoms. The second kappa shape index (κ2) is 4.54. The Labute approximate surface area is 113 Å². The molecule has 1 aliphatic heterocycles. The molecule has 1 heterocycles. The maximum Gasteiger partial charge on any atom is 0.170 e. The number of ketones is 1. The van der Waals surface area contributed by atoms with Crippen molar-refractivity contribution in [1.29, 1.82) is 0 Å². The van der Waals surface area contributed by atoms with Crippen LogP contribution in [0.3, 0.4) is 0 Å². The molecule has 2 aromatic carbocycles. The molecule has 0 radical (unpaired) electrons. The van der Waals surface area contributed by atoms with Gasteiger partial charge in [-0.15, -0.1) is 0 Å². The zero-order chi connectivity index (χ0) is 13.4. The fraction of sp³-hybridized carbons (Fsp3) is 0.235. The lowest BCUT2D eigenvalue weighted by atomic mass is 9.94. The Kier molecular flexibility index (Phi) is 2.86. The van der Waals surface area contributed by atoms with Gasteiger partial charge < -0.3 is 4.74 Å². The zero-order valence-electron chi connectivity index (χ0n) is 11.1. The molecule has 2 heteroatoms. The molecule has 1 aliphatic rings. The minimum atomic E-state index is -0.164. The third-order valence-electron chi connectivity index (χ3n) is 3.71. The number of aryl methyl sites for hydroxylation is 2. The van der Waals surface area contributed by atoms with E-state index in [-0.39, 0.29) is 11.9 Å². The van der Waals surface area contributed by atoms with Crippen molar-refractivity contribution in [2.45, 2.75) is 26.4 Å². The van der Waals surface area contributed by atoms with Crippen LogP contribution in [-0.4, -0.2) is 5.78 Å². The number of Topliss-reactive ketones (excluding diaryl/α,β-unsaturated/α-hetero) is 1. The molecule has 0 amide bonds. The third kappa shape index (κ3) is 2.14. The molecule has 0 saturated heterocycles. The van der Waals surface area contributed by atoms with Gasteiger partial charge in [-0.3, -0.25) is 4.79 Å². The highest BCUT2D eigenvalue weighted by atomic mass is 16.5. The standard InChI is InChI=1S/C17H16O2/c1-11-8-14-15(18)10-16(13-6-4-3-5-7-13)19-17(14)9-12(11)2/h3-9,16H,10H2,1-2H3/t16-/m1/s1. The van der Waals surface area contributed by atoms with E-state index in [0.717, 1.165) is 22.3 Å². The predicted octanol–water partition coefficient (Wildman–Crippen LogP) is 4.01. The Bertz CT molecular complexity index is 629. The van der Waals surface area contributed by atoms with Crippen molar-refractivity contribution in [3.63, 3.8) is 0 Å². The molecule has 0 N–H and O–H groups in total. The van der Waals surface area contributed by atoms with Crippen LogP contribution < -0.4 is 4.74 Å². The van der Waals surface area contributed by atoms with E-state index in [4.69, 9.17) is 4.74 Å². The van der Waals surface area contributed by atoms with Crippen molar-refractivity contribution >= 4 is 5.78 Å². The Morgan fingerprint density at radius 3 is 2.47 bits per heavy atom. The van der Waals surface area contributed by atoms with Gasteiger partial charge in [0.15, 0.2) is 5.78 Å². The van der Waals surface area contributed by atoms with Gasteiger partial charge in [-0.2, -0.15) is 0 Å². The average Bonchev–Trinajstić information content (AvgIpc) is 2.42. The number of hydrogen-bond donors (Lipinski definition) is 0. The Morgan fingerprint density at radius 2 is 1.74 bits per heavy atom. The van der Waals surface area contributed by atoms with E-state index in [0.29, 0.717) is 12.2 Å². The first-order chi connectivity index (χ1) is 9.15. The minimum Gasteiger partial charge on any atom is -0.484 e. The van der Waals surface area contributed by atoms with Gasteiger partial charge in [0.1, 0.15) is 11.9 Å². The van der Waals surface area contributed by atoms with Crippen molar-refractivity contribution < 1.29 is 9.53 Å². The monoisotopic (exact) mass is 252 g/mol. The van der Waals surface area contributed by atoms with Gasteiger partial charge >= 0.3 is 0 Å². The largest absolute Gasteiger partial charge is 0.484 e. The molecule has 3 rings (SSSR count). The molecule has 0 spiro atoms. The van der Waals surface area contributed by atoms with Gasteiger partial charge in [-0.1, -0.05) is 30.3 Å². The Balaban J connectivity index is 2.00. The topological polar surface area (TPSA) is 26.3 Å².